The Hall–Kier alpha value is 1.25. The van der Waals surface area contributed by atoms with Crippen LogP contribution in [-0.4, -0.2) is 35.4 Å². The molecule has 0 heterocycles. The van der Waals surface area contributed by atoms with Crippen molar-refractivity contribution in [2.45, 2.75) is 33.2 Å². The fourth-order valence-electron chi connectivity index (χ4n) is 0. The Balaban J connectivity index is -0.0000000242. The number of carboxylic acids is 3. The number of carbonyl (C=O) groups excluding carboxylic acids is 3. The maximum atomic E-state index is 8.89. The average Bonchev–Trinajstić information content (AvgIpc) is 1.99. The smallest absolute Gasteiger partial charge is 0.550 e. The van der Waals surface area contributed by atoms with Crippen LogP contribution in [0.2, 0.25) is 0 Å². The summed E-state index contributed by atoms with van der Waals surface area (Å²) in [5.41, 5.74) is 14.4. The Bertz CT molecular complexity index is 197. The molecule has 0 saturated carbocycles. The van der Waals surface area contributed by atoms with E-state index in [-0.39, 0.29) is 88.7 Å². The standard InChI is InChI=1S/C2H9N3O.3C2H4O2.3Na/c3-1(4)2(5)6;3*1-2(3)4;;;/h1-2,6H,3-5H2;3*1H3,(H,3,4);;;/q;;;;3*+1/p-3. The summed E-state index contributed by atoms with van der Waals surface area (Å²) in [4.78, 5) is 26.7. The first-order valence-corrected chi connectivity index (χ1v) is 4.32. The van der Waals surface area contributed by atoms with Crippen LogP contribution in [0.4, 0.5) is 0 Å². The van der Waals surface area contributed by atoms with Crippen LogP contribution in [0, 0.1) is 0 Å². The summed E-state index contributed by atoms with van der Waals surface area (Å²) >= 11 is 0. The van der Waals surface area contributed by atoms with E-state index in [4.69, 9.17) is 52.0 Å². The molecular weight excluding hydrogens is 319 g/mol. The van der Waals surface area contributed by atoms with Gasteiger partial charge in [-0.05, 0) is 20.8 Å². The van der Waals surface area contributed by atoms with Crippen molar-refractivity contribution in [1.82, 2.24) is 0 Å². The number of hydrogen-bond donors (Lipinski definition) is 4. The molecule has 0 saturated heterocycles. The van der Waals surface area contributed by atoms with Gasteiger partial charge in [0.15, 0.2) is 0 Å². The molecule has 110 valence electrons. The number of rotatable bonds is 1. The molecular formula is C8H18N3Na3O7. The Morgan fingerprint density at radius 3 is 0.810 bits per heavy atom. The molecule has 0 aromatic heterocycles. The van der Waals surface area contributed by atoms with E-state index in [0.717, 1.165) is 20.8 Å². The van der Waals surface area contributed by atoms with Gasteiger partial charge in [0.2, 0.25) is 0 Å². The quantitative estimate of drug-likeness (QED) is 0.261. The third kappa shape index (κ3) is 286. The van der Waals surface area contributed by atoms with Crippen molar-refractivity contribution in [3.63, 3.8) is 0 Å². The predicted octanol–water partition coefficient (Wildman–Crippen LogP) is -15.2. The van der Waals surface area contributed by atoms with Crippen LogP contribution < -0.4 is 121 Å². The largest absolute Gasteiger partial charge is 1.00 e. The van der Waals surface area contributed by atoms with Gasteiger partial charge >= 0.3 is 88.7 Å². The number of hydrogen-bond acceptors (Lipinski definition) is 10. The maximum absolute atomic E-state index is 8.89. The Morgan fingerprint density at radius 2 is 0.810 bits per heavy atom. The van der Waals surface area contributed by atoms with Gasteiger partial charge < -0.3 is 52.0 Å². The van der Waals surface area contributed by atoms with E-state index in [1.165, 1.54) is 0 Å². The minimum atomic E-state index is -1.09. The molecule has 0 bridgehead atoms. The van der Waals surface area contributed by atoms with E-state index in [0.29, 0.717) is 0 Å². The van der Waals surface area contributed by atoms with Crippen LogP contribution in [0.5, 0.6) is 0 Å². The second kappa shape index (κ2) is 33.0. The number of aliphatic hydroxyl groups is 1. The number of nitrogens with two attached hydrogens (primary N) is 3. The molecule has 10 nitrogen and oxygen atoms in total. The van der Waals surface area contributed by atoms with Crippen LogP contribution in [0.15, 0.2) is 0 Å². The van der Waals surface area contributed by atoms with Gasteiger partial charge in [0.05, 0.1) is 6.17 Å². The molecule has 0 fully saturated rings. The first-order valence-electron chi connectivity index (χ1n) is 4.32. The second-order valence-electron chi connectivity index (χ2n) is 2.54. The first kappa shape index (κ1) is 43.2. The Morgan fingerprint density at radius 1 is 0.762 bits per heavy atom. The monoisotopic (exact) mass is 337 g/mol. The predicted molar refractivity (Wildman–Crippen MR) is 54.4 cm³/mol. The molecule has 0 amide bonds. The summed E-state index contributed by atoms with van der Waals surface area (Å²) in [6, 6.07) is 0. The molecule has 0 aliphatic carbocycles. The van der Waals surface area contributed by atoms with Crippen molar-refractivity contribution >= 4 is 17.9 Å². The van der Waals surface area contributed by atoms with E-state index >= 15 is 0 Å². The van der Waals surface area contributed by atoms with Crippen LogP contribution in [0.3, 0.4) is 0 Å². The zero-order valence-corrected chi connectivity index (χ0v) is 19.3. The van der Waals surface area contributed by atoms with Crippen molar-refractivity contribution in [2.75, 3.05) is 0 Å². The van der Waals surface area contributed by atoms with E-state index < -0.39 is 30.3 Å². The van der Waals surface area contributed by atoms with Crippen molar-refractivity contribution in [1.29, 1.82) is 0 Å². The summed E-state index contributed by atoms with van der Waals surface area (Å²) in [5.74, 6) is -3.25. The first-order chi connectivity index (χ1) is 7.84. The van der Waals surface area contributed by atoms with E-state index in [1.807, 2.05) is 0 Å². The third-order valence-electron chi connectivity index (χ3n) is 0.394. The van der Waals surface area contributed by atoms with Gasteiger partial charge in [0.25, 0.3) is 0 Å². The number of aliphatic carboxylic acids is 3. The molecule has 0 aliphatic heterocycles. The Labute approximate surface area is 189 Å². The van der Waals surface area contributed by atoms with Crippen LogP contribution >= 0.6 is 0 Å². The zero-order valence-electron chi connectivity index (χ0n) is 13.3. The van der Waals surface area contributed by atoms with Crippen LogP contribution in [0.1, 0.15) is 20.8 Å². The van der Waals surface area contributed by atoms with Crippen molar-refractivity contribution < 1.29 is 123 Å². The molecule has 13 heteroatoms. The van der Waals surface area contributed by atoms with Crippen LogP contribution in [0.25, 0.3) is 0 Å². The zero-order chi connectivity index (χ0) is 15.9. The van der Waals surface area contributed by atoms with E-state index in [1.54, 1.807) is 0 Å². The SMILES string of the molecule is CC(=O)[O-].CC(=O)[O-].CC(=O)[O-].NC(N)C(N)O.[Na+].[Na+].[Na+]. The van der Waals surface area contributed by atoms with Gasteiger partial charge in [0.1, 0.15) is 6.23 Å². The van der Waals surface area contributed by atoms with Gasteiger partial charge in [-0.25, -0.2) is 0 Å². The molecule has 0 aromatic carbocycles. The van der Waals surface area contributed by atoms with Gasteiger partial charge in [-0.3, -0.25) is 0 Å². The molecule has 0 aliphatic rings. The Kier molecular flexibility index (Phi) is 67.9. The normalized spacial score (nSPS) is 8.00. The number of carbonyl (C=O) groups is 3. The molecule has 21 heavy (non-hydrogen) atoms. The molecule has 7 N–H and O–H groups in total. The van der Waals surface area contributed by atoms with Crippen molar-refractivity contribution in [3.05, 3.63) is 0 Å². The second-order valence-corrected chi connectivity index (χ2v) is 2.54. The summed E-state index contributed by atoms with van der Waals surface area (Å²) in [7, 11) is 0. The number of aliphatic hydroxyl groups excluding tert-OH is 1. The third-order valence-corrected chi connectivity index (χ3v) is 0.394. The van der Waals surface area contributed by atoms with Gasteiger partial charge in [-0.1, -0.05) is 0 Å². The van der Waals surface area contributed by atoms with Crippen LogP contribution in [-0.2, 0) is 14.4 Å². The summed E-state index contributed by atoms with van der Waals surface area (Å²) < 4.78 is 0. The number of carboxylic acid groups (broad SMARTS) is 3. The topological polar surface area (TPSA) is 219 Å². The fourth-order valence-corrected chi connectivity index (χ4v) is 0. The van der Waals surface area contributed by atoms with Gasteiger partial charge in [-0.2, -0.15) is 0 Å². The molecule has 1 unspecified atom stereocenters. The molecule has 0 radical (unpaired) electrons. The summed E-state index contributed by atoms with van der Waals surface area (Å²) in [5, 5.41) is 34.8. The minimum absolute atomic E-state index is 0. The van der Waals surface area contributed by atoms with E-state index in [2.05, 4.69) is 0 Å². The molecule has 0 spiro atoms. The molecule has 1 atom stereocenters. The molecule has 0 rings (SSSR count). The summed E-state index contributed by atoms with van der Waals surface area (Å²) in [6.07, 6.45) is -1.91. The molecule has 0 aromatic rings. The maximum Gasteiger partial charge on any atom is 1.00 e. The van der Waals surface area contributed by atoms with Gasteiger partial charge in [0, 0.05) is 17.9 Å². The van der Waals surface area contributed by atoms with E-state index in [9.17, 15) is 0 Å². The average molecular weight is 337 g/mol. The van der Waals surface area contributed by atoms with Gasteiger partial charge in [-0.15, -0.1) is 0 Å². The van der Waals surface area contributed by atoms with Crippen molar-refractivity contribution in [2.24, 2.45) is 17.2 Å². The minimum Gasteiger partial charge on any atom is -0.550 e. The van der Waals surface area contributed by atoms with Crippen molar-refractivity contribution in [3.8, 4) is 0 Å². The summed E-state index contributed by atoms with van der Waals surface area (Å²) in [6.45, 7) is 2.92. The fraction of sp³-hybridized carbons (Fsp3) is 0.625.